The maximum absolute atomic E-state index is 12.2. The number of anilines is 2. The number of hydrogen-bond acceptors (Lipinski definition) is 4. The number of nitrogens with zero attached hydrogens (tertiary/aromatic N) is 1. The lowest BCUT2D eigenvalue weighted by atomic mass is 10.2. The lowest BCUT2D eigenvalue weighted by molar-refractivity contribution is -0.122. The van der Waals surface area contributed by atoms with Crippen molar-refractivity contribution >= 4 is 40.6 Å². The number of nitrogens with two attached hydrogens (primary N) is 1. The van der Waals surface area contributed by atoms with Crippen LogP contribution in [0.5, 0.6) is 0 Å². The lowest BCUT2D eigenvalue weighted by Crippen LogP contribution is -2.33. The average molecular weight is 286 g/mol. The molecule has 0 aliphatic heterocycles. The molecule has 5 heteroatoms. The minimum Gasteiger partial charge on any atom is -0.399 e. The molecule has 20 heavy (non-hydrogen) atoms. The van der Waals surface area contributed by atoms with Crippen molar-refractivity contribution in [3.63, 3.8) is 0 Å². The molecule has 0 aliphatic rings. The number of thiophene rings is 1. The number of imide groups is 1. The van der Waals surface area contributed by atoms with Gasteiger partial charge in [0.05, 0.1) is 5.69 Å². The maximum Gasteiger partial charge on any atom is 0.257 e. The fraction of sp³-hybridized carbons (Fsp3) is 0.0667. The number of nitrogen functional groups attached to an aromatic ring is 1. The topological polar surface area (TPSA) is 63.4 Å². The summed E-state index contributed by atoms with van der Waals surface area (Å²) in [6, 6.07) is 8.57. The number of rotatable bonds is 3. The second-order valence-corrected chi connectivity index (χ2v) is 4.96. The van der Waals surface area contributed by atoms with E-state index in [-0.39, 0.29) is 5.91 Å². The summed E-state index contributed by atoms with van der Waals surface area (Å²) >= 11 is 1.54. The Morgan fingerprint density at radius 3 is 2.70 bits per heavy atom. The summed E-state index contributed by atoms with van der Waals surface area (Å²) in [5.41, 5.74) is 7.58. The molecule has 102 valence electrons. The summed E-state index contributed by atoms with van der Waals surface area (Å²) in [6.45, 7) is 1.35. The van der Waals surface area contributed by atoms with E-state index in [0.717, 1.165) is 10.5 Å². The Hall–Kier alpha value is -2.40. The van der Waals surface area contributed by atoms with E-state index < -0.39 is 5.91 Å². The summed E-state index contributed by atoms with van der Waals surface area (Å²) in [7, 11) is 0. The molecule has 1 heterocycles. The van der Waals surface area contributed by atoms with E-state index in [1.807, 2.05) is 16.8 Å². The zero-order chi connectivity index (χ0) is 14.5. The zero-order valence-corrected chi connectivity index (χ0v) is 11.8. The largest absolute Gasteiger partial charge is 0.399 e. The van der Waals surface area contributed by atoms with Crippen LogP contribution in [0.3, 0.4) is 0 Å². The summed E-state index contributed by atoms with van der Waals surface area (Å²) in [6.07, 6.45) is 3.06. The molecular weight excluding hydrogens is 272 g/mol. The molecule has 2 rings (SSSR count). The molecule has 0 saturated carbocycles. The quantitative estimate of drug-likeness (QED) is 0.697. The highest BCUT2D eigenvalue weighted by molar-refractivity contribution is 7.08. The van der Waals surface area contributed by atoms with Crippen molar-refractivity contribution in [1.29, 1.82) is 0 Å². The van der Waals surface area contributed by atoms with Gasteiger partial charge in [-0.15, -0.1) is 0 Å². The van der Waals surface area contributed by atoms with E-state index in [2.05, 4.69) is 0 Å². The van der Waals surface area contributed by atoms with Crippen LogP contribution >= 0.6 is 11.3 Å². The van der Waals surface area contributed by atoms with Crippen LogP contribution in [0.2, 0.25) is 0 Å². The first kappa shape index (κ1) is 14.0. The number of benzene rings is 1. The normalized spacial score (nSPS) is 10.7. The Balaban J connectivity index is 2.25. The minimum absolute atomic E-state index is 0.351. The maximum atomic E-state index is 12.2. The first-order valence-electron chi connectivity index (χ1n) is 5.98. The fourth-order valence-corrected chi connectivity index (χ4v) is 2.37. The van der Waals surface area contributed by atoms with Crippen LogP contribution in [0.1, 0.15) is 12.5 Å². The zero-order valence-electron chi connectivity index (χ0n) is 10.9. The molecule has 1 aromatic heterocycles. The SMILES string of the molecule is CC(=O)N(C(=O)/C=C/c1ccsc1)c1cccc(N)c1. The molecular formula is C15H14N2O2S. The molecule has 0 spiro atoms. The summed E-state index contributed by atoms with van der Waals surface area (Å²) in [5, 5.41) is 3.84. The molecule has 0 radical (unpaired) electrons. The number of carbonyl (C=O) groups excluding carboxylic acids is 2. The van der Waals surface area contributed by atoms with Crippen LogP contribution in [-0.4, -0.2) is 11.8 Å². The van der Waals surface area contributed by atoms with Crippen LogP contribution in [0.25, 0.3) is 6.08 Å². The standard InChI is InChI=1S/C15H14N2O2S/c1-11(18)17(14-4-2-3-13(16)9-14)15(19)6-5-12-7-8-20-10-12/h2-10H,16H2,1H3/b6-5+. The van der Waals surface area contributed by atoms with Crippen molar-refractivity contribution < 1.29 is 9.59 Å². The van der Waals surface area contributed by atoms with Gasteiger partial charge in [-0.25, -0.2) is 4.90 Å². The first-order valence-corrected chi connectivity index (χ1v) is 6.92. The van der Waals surface area contributed by atoms with Gasteiger partial charge >= 0.3 is 0 Å². The second-order valence-electron chi connectivity index (χ2n) is 4.18. The van der Waals surface area contributed by atoms with Crippen molar-refractivity contribution in [3.8, 4) is 0 Å². The summed E-state index contributed by atoms with van der Waals surface area (Å²) in [4.78, 5) is 25.0. The van der Waals surface area contributed by atoms with Crippen molar-refractivity contribution in [3.05, 3.63) is 52.7 Å². The minimum atomic E-state index is -0.394. The third kappa shape index (κ3) is 3.33. The second kappa shape index (κ2) is 6.16. The predicted octanol–water partition coefficient (Wildman–Crippen LogP) is 2.92. The lowest BCUT2D eigenvalue weighted by Gasteiger charge is -2.17. The number of carbonyl (C=O) groups is 2. The molecule has 2 aromatic rings. The Bertz CT molecular complexity index is 648. The number of amides is 2. The summed E-state index contributed by atoms with van der Waals surface area (Å²) in [5.74, 6) is -0.745. The van der Waals surface area contributed by atoms with Gasteiger partial charge in [0.25, 0.3) is 5.91 Å². The Morgan fingerprint density at radius 2 is 2.10 bits per heavy atom. The van der Waals surface area contributed by atoms with Gasteiger partial charge in [-0.05, 0) is 46.7 Å². The van der Waals surface area contributed by atoms with Crippen LogP contribution < -0.4 is 10.6 Å². The van der Waals surface area contributed by atoms with E-state index in [4.69, 9.17) is 5.73 Å². The first-order chi connectivity index (χ1) is 9.58. The fourth-order valence-electron chi connectivity index (χ4n) is 1.74. The average Bonchev–Trinajstić information content (AvgIpc) is 2.89. The van der Waals surface area contributed by atoms with Crippen LogP contribution in [0.4, 0.5) is 11.4 Å². The van der Waals surface area contributed by atoms with Crippen molar-refractivity contribution in [2.75, 3.05) is 10.6 Å². The van der Waals surface area contributed by atoms with Gasteiger partial charge in [0, 0.05) is 18.7 Å². The molecule has 1 aromatic carbocycles. The number of hydrogen-bond donors (Lipinski definition) is 1. The smallest absolute Gasteiger partial charge is 0.257 e. The van der Waals surface area contributed by atoms with Gasteiger partial charge in [0.1, 0.15) is 0 Å². The van der Waals surface area contributed by atoms with E-state index in [0.29, 0.717) is 11.4 Å². The van der Waals surface area contributed by atoms with Gasteiger partial charge in [-0.1, -0.05) is 6.07 Å². The monoisotopic (exact) mass is 286 g/mol. The Kier molecular flexibility index (Phi) is 4.32. The van der Waals surface area contributed by atoms with Crippen molar-refractivity contribution in [1.82, 2.24) is 0 Å². The molecule has 4 nitrogen and oxygen atoms in total. The van der Waals surface area contributed by atoms with Crippen molar-refractivity contribution in [2.24, 2.45) is 0 Å². The molecule has 2 amide bonds. The Morgan fingerprint density at radius 1 is 1.30 bits per heavy atom. The van der Waals surface area contributed by atoms with Gasteiger partial charge in [-0.2, -0.15) is 11.3 Å². The molecule has 2 N–H and O–H groups in total. The van der Waals surface area contributed by atoms with Crippen LogP contribution in [-0.2, 0) is 9.59 Å². The predicted molar refractivity (Wildman–Crippen MR) is 82.4 cm³/mol. The van der Waals surface area contributed by atoms with Crippen LogP contribution in [0.15, 0.2) is 47.2 Å². The molecule has 0 aliphatic carbocycles. The Labute approximate surface area is 121 Å². The third-order valence-electron chi connectivity index (χ3n) is 2.63. The van der Waals surface area contributed by atoms with E-state index >= 15 is 0 Å². The van der Waals surface area contributed by atoms with Gasteiger partial charge in [0.15, 0.2) is 0 Å². The van der Waals surface area contributed by atoms with E-state index in [1.165, 1.54) is 13.0 Å². The molecule has 0 atom stereocenters. The highest BCUT2D eigenvalue weighted by Gasteiger charge is 2.17. The highest BCUT2D eigenvalue weighted by atomic mass is 32.1. The van der Waals surface area contributed by atoms with Gasteiger partial charge in [0.2, 0.25) is 5.91 Å². The molecule has 0 unspecified atom stereocenters. The summed E-state index contributed by atoms with van der Waals surface area (Å²) < 4.78 is 0. The van der Waals surface area contributed by atoms with E-state index in [9.17, 15) is 9.59 Å². The van der Waals surface area contributed by atoms with Crippen molar-refractivity contribution in [2.45, 2.75) is 6.92 Å². The molecule has 0 fully saturated rings. The molecule has 0 saturated heterocycles. The third-order valence-corrected chi connectivity index (χ3v) is 3.33. The van der Waals surface area contributed by atoms with Gasteiger partial charge < -0.3 is 5.73 Å². The van der Waals surface area contributed by atoms with Crippen LogP contribution in [0, 0.1) is 0 Å². The van der Waals surface area contributed by atoms with E-state index in [1.54, 1.807) is 41.7 Å². The molecule has 0 bridgehead atoms. The van der Waals surface area contributed by atoms with Gasteiger partial charge in [-0.3, -0.25) is 9.59 Å². The highest BCUT2D eigenvalue weighted by Crippen LogP contribution is 2.18.